The molecule has 2 fully saturated rings. The van der Waals surface area contributed by atoms with Gasteiger partial charge in [-0.3, -0.25) is 19.9 Å². The second kappa shape index (κ2) is 8.70. The van der Waals surface area contributed by atoms with Crippen LogP contribution in [-0.4, -0.2) is 42.3 Å². The molecule has 164 valence electrons. The van der Waals surface area contributed by atoms with Gasteiger partial charge in [0.05, 0.1) is 16.0 Å². The number of nitrogens with zero attached hydrogens (tertiary/aromatic N) is 3. The van der Waals surface area contributed by atoms with E-state index in [0.717, 1.165) is 71.1 Å². The lowest BCUT2D eigenvalue weighted by Crippen LogP contribution is -2.43. The number of nitrogens with one attached hydrogen (secondary N) is 2. The van der Waals surface area contributed by atoms with Crippen molar-refractivity contribution in [2.45, 2.75) is 6.92 Å². The van der Waals surface area contributed by atoms with E-state index < -0.39 is 5.91 Å². The fourth-order valence-electron chi connectivity index (χ4n) is 4.34. The molecule has 33 heavy (non-hydrogen) atoms. The monoisotopic (exact) mass is 455 g/mol. The van der Waals surface area contributed by atoms with Gasteiger partial charge in [0.1, 0.15) is 6.07 Å². The third-order valence-electron chi connectivity index (χ3n) is 5.90. The third-order valence-corrected chi connectivity index (χ3v) is 6.71. The van der Waals surface area contributed by atoms with Gasteiger partial charge < -0.3 is 10.2 Å². The van der Waals surface area contributed by atoms with E-state index in [1.165, 1.54) is 5.69 Å². The van der Waals surface area contributed by atoms with Crippen molar-refractivity contribution in [2.24, 2.45) is 0 Å². The van der Waals surface area contributed by atoms with Crippen molar-refractivity contribution in [3.8, 4) is 17.2 Å². The summed E-state index contributed by atoms with van der Waals surface area (Å²) in [6.45, 7) is 5.96. The molecule has 2 N–H and O–H groups in total. The molecule has 2 aliphatic heterocycles. The lowest BCUT2D eigenvalue weighted by atomic mass is 9.94. The minimum Gasteiger partial charge on any atom is -0.369 e. The minimum absolute atomic E-state index is 0.349. The van der Waals surface area contributed by atoms with Gasteiger partial charge in [-0.1, -0.05) is 12.1 Å². The van der Waals surface area contributed by atoms with Crippen LogP contribution in [0.25, 0.3) is 28.1 Å². The Bertz CT molecular complexity index is 1370. The van der Waals surface area contributed by atoms with E-state index in [2.05, 4.69) is 51.7 Å². The highest BCUT2D eigenvalue weighted by Crippen LogP contribution is 2.35. The average Bonchev–Trinajstić information content (AvgIpc) is 3.14. The van der Waals surface area contributed by atoms with Gasteiger partial charge in [0.25, 0.3) is 11.1 Å². The van der Waals surface area contributed by atoms with Crippen LogP contribution in [0.1, 0.15) is 16.7 Å². The number of fused-ring (bicyclic) bond motifs is 1. The fraction of sp³-hybridized carbons (Fsp3) is 0.200. The molecule has 5 rings (SSSR count). The first-order chi connectivity index (χ1) is 16.0. The minimum atomic E-state index is -0.395. The van der Waals surface area contributed by atoms with E-state index in [-0.39, 0.29) is 5.24 Å². The number of pyridine rings is 1. The van der Waals surface area contributed by atoms with Crippen LogP contribution in [0.3, 0.4) is 0 Å². The normalized spacial score (nSPS) is 17.5. The van der Waals surface area contributed by atoms with E-state index in [4.69, 9.17) is 0 Å². The first-order valence-corrected chi connectivity index (χ1v) is 11.5. The molecule has 2 aromatic carbocycles. The number of piperazine rings is 1. The Kier molecular flexibility index (Phi) is 5.58. The number of carbonyl (C=O) groups excluding carboxylic acids is 2. The van der Waals surface area contributed by atoms with Gasteiger partial charge >= 0.3 is 0 Å². The van der Waals surface area contributed by atoms with Crippen molar-refractivity contribution in [2.75, 3.05) is 31.1 Å². The summed E-state index contributed by atoms with van der Waals surface area (Å²) in [6, 6.07) is 14.2. The summed E-state index contributed by atoms with van der Waals surface area (Å²) in [5.74, 6) is -0.395. The van der Waals surface area contributed by atoms with Crippen molar-refractivity contribution in [1.82, 2.24) is 15.6 Å². The molecule has 0 radical (unpaired) electrons. The number of benzene rings is 2. The second-order valence-electron chi connectivity index (χ2n) is 8.03. The molecule has 2 amide bonds. The number of hydrogen-bond donors (Lipinski definition) is 2. The van der Waals surface area contributed by atoms with Crippen LogP contribution in [0, 0.1) is 18.3 Å². The molecule has 2 aliphatic rings. The number of amides is 2. The van der Waals surface area contributed by atoms with Crippen molar-refractivity contribution < 1.29 is 9.59 Å². The maximum Gasteiger partial charge on any atom is 0.290 e. The smallest absolute Gasteiger partial charge is 0.290 e. The first-order valence-electron chi connectivity index (χ1n) is 10.7. The molecule has 3 aromatic rings. The number of aryl methyl sites for hydroxylation is 1. The Hall–Kier alpha value is -3.67. The molecule has 2 saturated heterocycles. The van der Waals surface area contributed by atoms with Gasteiger partial charge in [-0.25, -0.2) is 0 Å². The van der Waals surface area contributed by atoms with Crippen LogP contribution >= 0.6 is 11.8 Å². The van der Waals surface area contributed by atoms with Gasteiger partial charge in [-0.15, -0.1) is 0 Å². The molecule has 0 atom stereocenters. The Labute approximate surface area is 195 Å². The van der Waals surface area contributed by atoms with Crippen LogP contribution in [0.4, 0.5) is 10.5 Å². The number of imide groups is 1. The van der Waals surface area contributed by atoms with E-state index in [1.54, 1.807) is 12.3 Å². The summed E-state index contributed by atoms with van der Waals surface area (Å²) in [5.41, 5.74) is 6.14. The predicted octanol–water partition coefficient (Wildman–Crippen LogP) is 3.82. The Morgan fingerprint density at radius 1 is 1.15 bits per heavy atom. The van der Waals surface area contributed by atoms with Crippen LogP contribution in [0.2, 0.25) is 0 Å². The summed E-state index contributed by atoms with van der Waals surface area (Å²) in [6.07, 6.45) is 3.29. The van der Waals surface area contributed by atoms with E-state index in [0.29, 0.717) is 10.5 Å². The summed E-state index contributed by atoms with van der Waals surface area (Å²) in [5, 5.41) is 15.9. The zero-order chi connectivity index (χ0) is 22.9. The van der Waals surface area contributed by atoms with Crippen LogP contribution in [0.15, 0.2) is 47.5 Å². The quantitative estimate of drug-likeness (QED) is 0.580. The molecule has 0 bridgehead atoms. The number of carbonyl (C=O) groups is 2. The topological polar surface area (TPSA) is 98.1 Å². The van der Waals surface area contributed by atoms with E-state index in [9.17, 15) is 14.9 Å². The zero-order valence-electron chi connectivity index (χ0n) is 18.0. The number of anilines is 1. The molecule has 7 nitrogen and oxygen atoms in total. The largest absolute Gasteiger partial charge is 0.369 e. The zero-order valence-corrected chi connectivity index (χ0v) is 18.8. The average molecular weight is 456 g/mol. The summed E-state index contributed by atoms with van der Waals surface area (Å²) in [4.78, 5) is 30.6. The van der Waals surface area contributed by atoms with Gasteiger partial charge in [0.2, 0.25) is 0 Å². The maximum atomic E-state index is 12.0. The lowest BCUT2D eigenvalue weighted by Gasteiger charge is -2.31. The Morgan fingerprint density at radius 3 is 2.67 bits per heavy atom. The molecule has 1 aromatic heterocycles. The standard InChI is InChI=1S/C25H21N5O2S/c1-15-10-17(3-5-21(15)30-8-6-27-7-9-30)23-18(13-26)14-28-20-4-2-16(11-19(20)23)12-22-24(31)29-25(32)33-22/h2-5,10-12,14,27H,6-9H2,1H3,(H,29,31,32). The molecule has 3 heterocycles. The molecule has 8 heteroatoms. The van der Waals surface area contributed by atoms with Crippen molar-refractivity contribution in [1.29, 1.82) is 5.26 Å². The number of thioether (sulfide) groups is 1. The Morgan fingerprint density at radius 2 is 1.97 bits per heavy atom. The number of rotatable bonds is 3. The van der Waals surface area contributed by atoms with Crippen LogP contribution < -0.4 is 15.5 Å². The highest BCUT2D eigenvalue weighted by molar-refractivity contribution is 8.18. The van der Waals surface area contributed by atoms with Gasteiger partial charge in [-0.2, -0.15) is 5.26 Å². The van der Waals surface area contributed by atoms with E-state index in [1.807, 2.05) is 18.2 Å². The third kappa shape index (κ3) is 4.09. The Balaban J connectivity index is 1.61. The van der Waals surface area contributed by atoms with E-state index >= 15 is 0 Å². The van der Waals surface area contributed by atoms with Gasteiger partial charge in [0, 0.05) is 49.0 Å². The number of nitriles is 1. The van der Waals surface area contributed by atoms with Crippen LogP contribution in [0.5, 0.6) is 0 Å². The van der Waals surface area contributed by atoms with Crippen molar-refractivity contribution >= 4 is 45.6 Å². The molecule has 0 unspecified atom stereocenters. The molecule has 0 aliphatic carbocycles. The summed E-state index contributed by atoms with van der Waals surface area (Å²) < 4.78 is 0. The number of aromatic nitrogens is 1. The van der Waals surface area contributed by atoms with Crippen molar-refractivity contribution in [3.63, 3.8) is 0 Å². The highest BCUT2D eigenvalue weighted by Gasteiger charge is 2.25. The molecule has 0 spiro atoms. The highest BCUT2D eigenvalue weighted by atomic mass is 32.2. The van der Waals surface area contributed by atoms with Crippen molar-refractivity contribution in [3.05, 3.63) is 64.2 Å². The van der Waals surface area contributed by atoms with Gasteiger partial charge in [-0.05, 0) is 65.7 Å². The van der Waals surface area contributed by atoms with Gasteiger partial charge in [0.15, 0.2) is 0 Å². The fourth-order valence-corrected chi connectivity index (χ4v) is 5.02. The predicted molar refractivity (Wildman–Crippen MR) is 131 cm³/mol. The summed E-state index contributed by atoms with van der Waals surface area (Å²) >= 11 is 0.884. The van der Waals surface area contributed by atoms with Crippen LogP contribution in [-0.2, 0) is 4.79 Å². The first kappa shape index (κ1) is 21.2. The molecule has 0 saturated carbocycles. The maximum absolute atomic E-state index is 12.0. The lowest BCUT2D eigenvalue weighted by molar-refractivity contribution is -0.115. The SMILES string of the molecule is Cc1cc(-c2c(C#N)cnc3ccc(C=C4SC(=O)NC4=O)cc23)ccc1N1CCNCC1. The number of hydrogen-bond acceptors (Lipinski definition) is 7. The summed E-state index contributed by atoms with van der Waals surface area (Å²) in [7, 11) is 0. The molecular weight excluding hydrogens is 434 g/mol. The second-order valence-corrected chi connectivity index (χ2v) is 9.04. The molecular formula is C25H21N5O2S.